The average molecular weight is 389 g/mol. The van der Waals surface area contributed by atoms with Crippen molar-refractivity contribution >= 4 is 33.1 Å². The first kappa shape index (κ1) is 17.0. The van der Waals surface area contributed by atoms with Crippen LogP contribution >= 0.6 is 0 Å². The quantitative estimate of drug-likeness (QED) is 0.354. The van der Waals surface area contributed by atoms with Gasteiger partial charge in [0, 0.05) is 23.0 Å². The molecule has 0 N–H and O–H groups in total. The highest BCUT2D eigenvalue weighted by Gasteiger charge is 2.19. The third-order valence-corrected chi connectivity index (χ3v) is 5.58. The second kappa shape index (κ2) is 6.56. The van der Waals surface area contributed by atoms with Crippen molar-refractivity contribution in [2.45, 2.75) is 13.5 Å². The summed E-state index contributed by atoms with van der Waals surface area (Å²) >= 11 is 0. The lowest BCUT2D eigenvalue weighted by molar-refractivity contribution is 0.652. The SMILES string of the molecule is Cc1ccc2c(n1)oc1c(-c3nc4ccccc4n3Cc3ccccc3)cccc12. The second-order valence-corrected chi connectivity index (χ2v) is 7.59. The number of imidazole rings is 1. The zero-order chi connectivity index (χ0) is 20.1. The lowest BCUT2D eigenvalue weighted by atomic mass is 10.1. The van der Waals surface area contributed by atoms with Gasteiger partial charge in [-0.25, -0.2) is 9.97 Å². The van der Waals surface area contributed by atoms with Gasteiger partial charge in [-0.2, -0.15) is 0 Å². The summed E-state index contributed by atoms with van der Waals surface area (Å²) in [5, 5.41) is 2.09. The van der Waals surface area contributed by atoms with Gasteiger partial charge >= 0.3 is 0 Å². The highest BCUT2D eigenvalue weighted by atomic mass is 16.3. The molecule has 0 saturated carbocycles. The van der Waals surface area contributed by atoms with Gasteiger partial charge in [-0.1, -0.05) is 54.6 Å². The lowest BCUT2D eigenvalue weighted by Gasteiger charge is -2.10. The molecular weight excluding hydrogens is 370 g/mol. The number of hydrogen-bond donors (Lipinski definition) is 0. The number of hydrogen-bond acceptors (Lipinski definition) is 3. The van der Waals surface area contributed by atoms with Crippen LogP contribution in [-0.4, -0.2) is 14.5 Å². The van der Waals surface area contributed by atoms with Gasteiger partial charge in [0.15, 0.2) is 0 Å². The van der Waals surface area contributed by atoms with Crippen LogP contribution in [0.4, 0.5) is 0 Å². The van der Waals surface area contributed by atoms with E-state index in [0.29, 0.717) is 5.71 Å². The van der Waals surface area contributed by atoms with E-state index in [1.807, 2.05) is 25.1 Å². The molecule has 144 valence electrons. The van der Waals surface area contributed by atoms with Gasteiger partial charge in [0.05, 0.1) is 16.6 Å². The van der Waals surface area contributed by atoms with Crippen LogP contribution in [0.3, 0.4) is 0 Å². The van der Waals surface area contributed by atoms with Gasteiger partial charge in [0.2, 0.25) is 5.71 Å². The van der Waals surface area contributed by atoms with E-state index in [1.165, 1.54) is 5.56 Å². The van der Waals surface area contributed by atoms with Crippen molar-refractivity contribution < 1.29 is 4.42 Å². The Bertz CT molecular complexity index is 1530. The number of para-hydroxylation sites is 3. The topological polar surface area (TPSA) is 43.9 Å². The van der Waals surface area contributed by atoms with Gasteiger partial charge in [0.25, 0.3) is 0 Å². The third kappa shape index (κ3) is 2.61. The van der Waals surface area contributed by atoms with Crippen molar-refractivity contribution in [3.05, 3.63) is 96.2 Å². The Hall–Kier alpha value is -3.92. The maximum atomic E-state index is 6.26. The molecule has 0 aliphatic rings. The molecule has 0 aliphatic heterocycles. The molecule has 0 amide bonds. The Balaban J connectivity index is 1.64. The Morgan fingerprint density at radius 3 is 2.50 bits per heavy atom. The fraction of sp³-hybridized carbons (Fsp3) is 0.0769. The monoisotopic (exact) mass is 389 g/mol. The predicted octanol–water partition coefficient (Wildman–Crippen LogP) is 6.35. The summed E-state index contributed by atoms with van der Waals surface area (Å²) in [5.74, 6) is 0.904. The molecular formula is C26H19N3O. The van der Waals surface area contributed by atoms with E-state index in [0.717, 1.165) is 51.0 Å². The Morgan fingerprint density at radius 1 is 0.767 bits per heavy atom. The molecule has 3 aromatic carbocycles. The number of fused-ring (bicyclic) bond motifs is 4. The number of rotatable bonds is 3. The fourth-order valence-corrected chi connectivity index (χ4v) is 4.15. The molecule has 0 fully saturated rings. The van der Waals surface area contributed by atoms with Crippen LogP contribution in [0.2, 0.25) is 0 Å². The molecule has 0 radical (unpaired) electrons. The van der Waals surface area contributed by atoms with Gasteiger partial charge in [-0.3, -0.25) is 0 Å². The fourth-order valence-electron chi connectivity index (χ4n) is 4.15. The van der Waals surface area contributed by atoms with Gasteiger partial charge < -0.3 is 8.98 Å². The van der Waals surface area contributed by atoms with Crippen molar-refractivity contribution in [1.82, 2.24) is 14.5 Å². The van der Waals surface area contributed by atoms with Crippen LogP contribution in [0.15, 0.2) is 89.3 Å². The summed E-state index contributed by atoms with van der Waals surface area (Å²) in [6, 6.07) is 29.1. The van der Waals surface area contributed by atoms with Crippen LogP contribution in [0.25, 0.3) is 44.5 Å². The minimum absolute atomic E-state index is 0.670. The van der Waals surface area contributed by atoms with E-state index in [9.17, 15) is 0 Å². The van der Waals surface area contributed by atoms with Crippen molar-refractivity contribution in [2.24, 2.45) is 0 Å². The minimum Gasteiger partial charge on any atom is -0.437 e. The van der Waals surface area contributed by atoms with E-state index in [-0.39, 0.29) is 0 Å². The molecule has 0 saturated heterocycles. The highest BCUT2D eigenvalue weighted by molar-refractivity contribution is 6.08. The molecule has 3 heterocycles. The second-order valence-electron chi connectivity index (χ2n) is 7.59. The first-order chi connectivity index (χ1) is 14.8. The van der Waals surface area contributed by atoms with E-state index in [1.54, 1.807) is 0 Å². The molecule has 30 heavy (non-hydrogen) atoms. The van der Waals surface area contributed by atoms with Crippen molar-refractivity contribution in [3.63, 3.8) is 0 Å². The summed E-state index contributed by atoms with van der Waals surface area (Å²) in [5.41, 5.74) is 6.74. The van der Waals surface area contributed by atoms with E-state index in [2.05, 4.69) is 76.3 Å². The number of benzene rings is 3. The molecule has 0 unspecified atom stereocenters. The van der Waals surface area contributed by atoms with Gasteiger partial charge in [-0.15, -0.1) is 0 Å². The lowest BCUT2D eigenvalue weighted by Crippen LogP contribution is -2.02. The molecule has 6 rings (SSSR count). The van der Waals surface area contributed by atoms with Crippen LogP contribution in [-0.2, 0) is 6.54 Å². The molecule has 0 bridgehead atoms. The first-order valence-corrected chi connectivity index (χ1v) is 10.1. The normalized spacial score (nSPS) is 11.6. The number of aryl methyl sites for hydroxylation is 1. The first-order valence-electron chi connectivity index (χ1n) is 10.1. The van der Waals surface area contributed by atoms with Gasteiger partial charge in [0.1, 0.15) is 11.4 Å². The Morgan fingerprint density at radius 2 is 1.60 bits per heavy atom. The maximum absolute atomic E-state index is 6.26. The summed E-state index contributed by atoms with van der Waals surface area (Å²) in [6.07, 6.45) is 0. The summed E-state index contributed by atoms with van der Waals surface area (Å²) in [4.78, 5) is 9.59. The number of furan rings is 1. The smallest absolute Gasteiger partial charge is 0.227 e. The molecule has 3 aromatic heterocycles. The standard InChI is InChI=1S/C26H19N3O/c1-17-14-15-20-19-10-7-11-21(24(19)30-26(20)27-17)25-28-22-12-5-6-13-23(22)29(25)16-18-8-3-2-4-9-18/h2-15H,16H2,1H3. The molecule has 4 nitrogen and oxygen atoms in total. The molecule has 0 atom stereocenters. The minimum atomic E-state index is 0.670. The number of nitrogens with zero attached hydrogens (tertiary/aromatic N) is 3. The van der Waals surface area contributed by atoms with Gasteiger partial charge in [-0.05, 0) is 42.8 Å². The van der Waals surface area contributed by atoms with Crippen LogP contribution in [0, 0.1) is 6.92 Å². The van der Waals surface area contributed by atoms with E-state index in [4.69, 9.17) is 9.40 Å². The van der Waals surface area contributed by atoms with E-state index >= 15 is 0 Å². The number of aromatic nitrogens is 3. The van der Waals surface area contributed by atoms with Crippen LogP contribution < -0.4 is 0 Å². The average Bonchev–Trinajstić information content (AvgIpc) is 3.32. The summed E-state index contributed by atoms with van der Waals surface area (Å²) in [6.45, 7) is 2.72. The molecule has 0 spiro atoms. The molecule has 0 aliphatic carbocycles. The van der Waals surface area contributed by atoms with Crippen LogP contribution in [0.1, 0.15) is 11.3 Å². The van der Waals surface area contributed by atoms with Crippen molar-refractivity contribution in [3.8, 4) is 11.4 Å². The van der Waals surface area contributed by atoms with Crippen molar-refractivity contribution in [1.29, 1.82) is 0 Å². The highest BCUT2D eigenvalue weighted by Crippen LogP contribution is 2.36. The van der Waals surface area contributed by atoms with Crippen LogP contribution in [0.5, 0.6) is 0 Å². The maximum Gasteiger partial charge on any atom is 0.227 e. The Labute approximate surface area is 173 Å². The zero-order valence-corrected chi connectivity index (χ0v) is 16.5. The largest absolute Gasteiger partial charge is 0.437 e. The van der Waals surface area contributed by atoms with E-state index < -0.39 is 0 Å². The number of pyridine rings is 1. The summed E-state index contributed by atoms with van der Waals surface area (Å²) < 4.78 is 8.52. The molecule has 6 aromatic rings. The predicted molar refractivity (Wildman–Crippen MR) is 121 cm³/mol. The summed E-state index contributed by atoms with van der Waals surface area (Å²) in [7, 11) is 0. The molecule has 4 heteroatoms. The van der Waals surface area contributed by atoms with Crippen molar-refractivity contribution in [2.75, 3.05) is 0 Å². The Kier molecular flexibility index (Phi) is 3.71. The third-order valence-electron chi connectivity index (χ3n) is 5.58. The zero-order valence-electron chi connectivity index (χ0n) is 16.5.